The standard InChI is InChI=1S/C61H115NO18/c1-3-5-7-8-9-10-11-12-13-14-15-16-17-18-19-20-21-22-23-24-25-26-27-28-29-30-31-32-33-34-35-37-39-49(67)62-44(45(66)38-36-6-4-2)43-75-59-55(73)52(70)57(47(41-64)77-59)80-61-56(74)53(71)58(48(42-65)78-61)79-60-54(72)51(69)50(68)46(40-63)76-60/h36,38,44-48,50-61,63-66,68-74H,3-35,37,39-43H2,1-2H3,(H,62,67)/b38-36+. The molecular weight excluding hydrogens is 1030 g/mol. The first kappa shape index (κ1) is 72.8. The minimum absolute atomic E-state index is 0.246. The molecule has 17 unspecified atom stereocenters. The molecule has 0 aromatic rings. The minimum atomic E-state index is -1.97. The van der Waals surface area contributed by atoms with Crippen LogP contribution in [0.4, 0.5) is 0 Å². The average molecular weight is 1150 g/mol. The summed E-state index contributed by atoms with van der Waals surface area (Å²) in [6, 6.07) is -0.964. The SMILES string of the molecule is CCC/C=C/C(O)C(COC1OC(CO)C(OC2OC(CO)C(OC3OC(CO)C(O)C(O)C3O)C(O)C2O)C(O)C1O)NC(=O)CCCCCCCCCCCCCCCCCCCCCCCCCCCCCCCCCC. The third-order valence-corrected chi connectivity index (χ3v) is 16.3. The number of carbonyl (C=O) groups excluding carboxylic acids is 1. The monoisotopic (exact) mass is 1150 g/mol. The van der Waals surface area contributed by atoms with E-state index >= 15 is 0 Å². The summed E-state index contributed by atoms with van der Waals surface area (Å²) in [7, 11) is 0. The number of aliphatic hydroxyl groups is 11. The molecule has 19 heteroatoms. The van der Waals surface area contributed by atoms with Crippen LogP contribution in [0.5, 0.6) is 0 Å². The van der Waals surface area contributed by atoms with Crippen LogP contribution in [0.1, 0.15) is 239 Å². The van der Waals surface area contributed by atoms with Crippen molar-refractivity contribution in [2.75, 3.05) is 26.4 Å². The van der Waals surface area contributed by atoms with Crippen molar-refractivity contribution in [3.05, 3.63) is 12.2 Å². The van der Waals surface area contributed by atoms with Gasteiger partial charge in [-0.2, -0.15) is 0 Å². The van der Waals surface area contributed by atoms with Gasteiger partial charge in [0.05, 0.1) is 38.6 Å². The molecule has 0 spiro atoms. The van der Waals surface area contributed by atoms with Crippen molar-refractivity contribution in [3.63, 3.8) is 0 Å². The zero-order valence-corrected chi connectivity index (χ0v) is 49.3. The third-order valence-electron chi connectivity index (χ3n) is 16.3. The second-order valence-electron chi connectivity index (χ2n) is 23.2. The van der Waals surface area contributed by atoms with E-state index in [9.17, 15) is 61.0 Å². The topological polar surface area (TPSA) is 307 Å². The molecule has 0 aromatic heterocycles. The molecule has 472 valence electrons. The molecule has 3 aliphatic heterocycles. The van der Waals surface area contributed by atoms with E-state index in [-0.39, 0.29) is 18.9 Å². The van der Waals surface area contributed by atoms with Gasteiger partial charge in [0.1, 0.15) is 73.2 Å². The summed E-state index contributed by atoms with van der Waals surface area (Å²) in [4.78, 5) is 13.1. The lowest BCUT2D eigenvalue weighted by molar-refractivity contribution is -0.379. The van der Waals surface area contributed by atoms with Crippen LogP contribution in [0, 0.1) is 0 Å². The van der Waals surface area contributed by atoms with Crippen molar-refractivity contribution >= 4 is 5.91 Å². The van der Waals surface area contributed by atoms with Gasteiger partial charge in [0.15, 0.2) is 18.9 Å². The second-order valence-corrected chi connectivity index (χ2v) is 23.2. The summed E-state index contributed by atoms with van der Waals surface area (Å²) >= 11 is 0. The predicted molar refractivity (Wildman–Crippen MR) is 305 cm³/mol. The second kappa shape index (κ2) is 44.9. The van der Waals surface area contributed by atoms with Gasteiger partial charge in [0.25, 0.3) is 0 Å². The lowest BCUT2D eigenvalue weighted by Gasteiger charge is -2.48. The first-order valence-electron chi connectivity index (χ1n) is 31.9. The van der Waals surface area contributed by atoms with Crippen LogP contribution in [0.25, 0.3) is 0 Å². The number of hydrogen-bond acceptors (Lipinski definition) is 18. The van der Waals surface area contributed by atoms with Gasteiger partial charge < -0.3 is 89.9 Å². The third kappa shape index (κ3) is 28.2. The lowest BCUT2D eigenvalue weighted by atomic mass is 9.96. The summed E-state index contributed by atoms with van der Waals surface area (Å²) in [5, 5.41) is 119. The first-order chi connectivity index (χ1) is 38.8. The van der Waals surface area contributed by atoms with E-state index in [0.29, 0.717) is 12.8 Å². The number of carbonyl (C=O) groups is 1. The molecule has 3 rings (SSSR count). The molecule has 3 fully saturated rings. The van der Waals surface area contributed by atoms with Crippen LogP contribution >= 0.6 is 0 Å². The highest BCUT2D eigenvalue weighted by molar-refractivity contribution is 5.76. The highest BCUT2D eigenvalue weighted by Gasteiger charge is 2.53. The Morgan fingerprint density at radius 2 is 0.775 bits per heavy atom. The Morgan fingerprint density at radius 3 is 1.15 bits per heavy atom. The molecule has 1 amide bonds. The maximum Gasteiger partial charge on any atom is 0.220 e. The van der Waals surface area contributed by atoms with Crippen LogP contribution in [-0.4, -0.2) is 193 Å². The Hall–Kier alpha value is -1.47. The van der Waals surface area contributed by atoms with E-state index in [4.69, 9.17) is 28.4 Å². The minimum Gasteiger partial charge on any atom is -0.394 e. The Balaban J connectivity index is 1.25. The molecule has 3 saturated heterocycles. The highest BCUT2D eigenvalue weighted by Crippen LogP contribution is 2.33. The van der Waals surface area contributed by atoms with Crippen LogP contribution in [0.15, 0.2) is 12.2 Å². The molecule has 12 N–H and O–H groups in total. The van der Waals surface area contributed by atoms with Gasteiger partial charge in [-0.3, -0.25) is 4.79 Å². The first-order valence-corrected chi connectivity index (χ1v) is 31.9. The Labute approximate surface area is 480 Å². The predicted octanol–water partition coefficient (Wildman–Crippen LogP) is 6.55. The number of hydrogen-bond donors (Lipinski definition) is 12. The Kier molecular flexibility index (Phi) is 40.9. The zero-order chi connectivity index (χ0) is 58.3. The van der Waals surface area contributed by atoms with E-state index in [1.165, 1.54) is 180 Å². The van der Waals surface area contributed by atoms with Gasteiger partial charge in [-0.1, -0.05) is 231 Å². The number of ether oxygens (including phenoxy) is 6. The summed E-state index contributed by atoms with van der Waals surface area (Å²) in [5.41, 5.74) is 0. The van der Waals surface area contributed by atoms with Gasteiger partial charge in [-0.15, -0.1) is 0 Å². The number of unbranched alkanes of at least 4 members (excludes halogenated alkanes) is 32. The van der Waals surface area contributed by atoms with Crippen LogP contribution in [0.3, 0.4) is 0 Å². The molecular formula is C61H115NO18. The zero-order valence-electron chi connectivity index (χ0n) is 49.3. The maximum atomic E-state index is 13.1. The molecule has 3 aliphatic rings. The van der Waals surface area contributed by atoms with E-state index in [1.54, 1.807) is 12.2 Å². The van der Waals surface area contributed by atoms with Gasteiger partial charge in [0.2, 0.25) is 5.91 Å². The van der Waals surface area contributed by atoms with E-state index < -0.39 is 124 Å². The molecule has 0 radical (unpaired) electrons. The number of rotatable bonds is 48. The number of aliphatic hydroxyl groups excluding tert-OH is 11. The van der Waals surface area contributed by atoms with Crippen molar-refractivity contribution in [3.8, 4) is 0 Å². The molecule has 19 nitrogen and oxygen atoms in total. The number of allylic oxidation sites excluding steroid dienone is 1. The summed E-state index contributed by atoms with van der Waals surface area (Å²) in [6.07, 6.45) is 20.9. The molecule has 0 aromatic carbocycles. The van der Waals surface area contributed by atoms with Crippen molar-refractivity contribution in [1.29, 1.82) is 0 Å². The molecule has 80 heavy (non-hydrogen) atoms. The molecule has 3 heterocycles. The molecule has 0 bridgehead atoms. The van der Waals surface area contributed by atoms with Crippen molar-refractivity contribution in [1.82, 2.24) is 5.32 Å². The van der Waals surface area contributed by atoms with Crippen LogP contribution in [0.2, 0.25) is 0 Å². The van der Waals surface area contributed by atoms with E-state index in [1.807, 2.05) is 6.92 Å². The fourth-order valence-electron chi connectivity index (χ4n) is 11.1. The van der Waals surface area contributed by atoms with Gasteiger partial charge in [-0.05, 0) is 12.8 Å². The van der Waals surface area contributed by atoms with E-state index in [0.717, 1.165) is 25.7 Å². The summed E-state index contributed by atoms with van der Waals surface area (Å²) in [5.74, 6) is -0.283. The smallest absolute Gasteiger partial charge is 0.220 e. The van der Waals surface area contributed by atoms with Crippen molar-refractivity contribution in [2.24, 2.45) is 0 Å². The summed E-state index contributed by atoms with van der Waals surface area (Å²) in [6.45, 7) is 1.50. The Morgan fingerprint density at radius 1 is 0.438 bits per heavy atom. The number of amides is 1. The van der Waals surface area contributed by atoms with Crippen molar-refractivity contribution in [2.45, 2.75) is 343 Å². The van der Waals surface area contributed by atoms with Gasteiger partial charge >= 0.3 is 0 Å². The lowest BCUT2D eigenvalue weighted by Crippen LogP contribution is -2.66. The molecule has 0 saturated carbocycles. The van der Waals surface area contributed by atoms with Crippen molar-refractivity contribution < 1.29 is 89.4 Å². The van der Waals surface area contributed by atoms with Crippen LogP contribution in [-0.2, 0) is 33.2 Å². The fourth-order valence-corrected chi connectivity index (χ4v) is 11.1. The number of nitrogens with one attached hydrogen (secondary N) is 1. The fraction of sp³-hybridized carbons (Fsp3) is 0.951. The van der Waals surface area contributed by atoms with E-state index in [2.05, 4.69) is 12.2 Å². The largest absolute Gasteiger partial charge is 0.394 e. The maximum absolute atomic E-state index is 13.1. The molecule has 17 atom stereocenters. The van der Waals surface area contributed by atoms with Gasteiger partial charge in [0, 0.05) is 6.42 Å². The normalized spacial score (nSPS) is 30.0. The quantitative estimate of drug-likeness (QED) is 0.0227. The highest BCUT2D eigenvalue weighted by atomic mass is 16.8. The average Bonchev–Trinajstić information content (AvgIpc) is 3.47. The molecule has 0 aliphatic carbocycles. The van der Waals surface area contributed by atoms with Gasteiger partial charge in [-0.25, -0.2) is 0 Å². The Bertz CT molecular complexity index is 1510. The summed E-state index contributed by atoms with van der Waals surface area (Å²) < 4.78 is 34.0. The van der Waals surface area contributed by atoms with Crippen LogP contribution < -0.4 is 5.32 Å².